The number of rotatable bonds is 1. The van der Waals surface area contributed by atoms with E-state index in [0.717, 1.165) is 4.47 Å². The molecule has 0 bridgehead atoms. The van der Waals surface area contributed by atoms with Gasteiger partial charge in [-0.2, -0.15) is 4.68 Å². The first-order chi connectivity index (χ1) is 8.75. The molecule has 88 valence electrons. The van der Waals surface area contributed by atoms with Gasteiger partial charge in [-0.05, 0) is 30.3 Å². The summed E-state index contributed by atoms with van der Waals surface area (Å²) < 4.78 is 2.18. The molecule has 2 aromatic carbocycles. The van der Waals surface area contributed by atoms with Gasteiger partial charge in [0.05, 0.1) is 5.52 Å². The van der Waals surface area contributed by atoms with Crippen molar-refractivity contribution in [2.75, 3.05) is 0 Å². The highest BCUT2D eigenvalue weighted by Gasteiger charge is 2.13. The Morgan fingerprint density at radius 3 is 2.78 bits per heavy atom. The van der Waals surface area contributed by atoms with Gasteiger partial charge >= 0.3 is 0 Å². The Labute approximate surface area is 111 Å². The van der Waals surface area contributed by atoms with Crippen molar-refractivity contribution in [2.24, 2.45) is 0 Å². The van der Waals surface area contributed by atoms with Gasteiger partial charge in [-0.25, -0.2) is 0 Å². The average Bonchev–Trinajstić information content (AvgIpc) is 2.82. The maximum Gasteiger partial charge on any atom is 0.280 e. The minimum atomic E-state index is -0.190. The van der Waals surface area contributed by atoms with E-state index in [1.807, 2.05) is 36.4 Å². The Bertz CT molecular complexity index is 736. The molecule has 0 aliphatic carbocycles. The van der Waals surface area contributed by atoms with Gasteiger partial charge in [-0.1, -0.05) is 39.3 Å². The molecule has 4 nitrogen and oxygen atoms in total. The second-order valence-electron chi connectivity index (χ2n) is 3.81. The average molecular weight is 302 g/mol. The molecular weight excluding hydrogens is 294 g/mol. The number of carbonyl (C=O) groups is 1. The van der Waals surface area contributed by atoms with Gasteiger partial charge in [0.1, 0.15) is 5.52 Å². The monoisotopic (exact) mass is 301 g/mol. The van der Waals surface area contributed by atoms with E-state index in [1.165, 1.54) is 4.68 Å². The molecule has 0 amide bonds. The fourth-order valence-electron chi connectivity index (χ4n) is 1.76. The highest BCUT2D eigenvalue weighted by atomic mass is 79.9. The van der Waals surface area contributed by atoms with Crippen molar-refractivity contribution >= 4 is 32.9 Å². The highest BCUT2D eigenvalue weighted by Crippen LogP contribution is 2.15. The van der Waals surface area contributed by atoms with E-state index in [9.17, 15) is 4.79 Å². The smallest absolute Gasteiger partial charge is 0.267 e. The van der Waals surface area contributed by atoms with Crippen molar-refractivity contribution in [3.05, 3.63) is 58.6 Å². The van der Waals surface area contributed by atoms with Gasteiger partial charge in [0.25, 0.3) is 5.91 Å². The molecule has 0 N–H and O–H groups in total. The van der Waals surface area contributed by atoms with Crippen LogP contribution in [-0.4, -0.2) is 20.9 Å². The first-order valence-electron chi connectivity index (χ1n) is 5.36. The number of halogens is 1. The van der Waals surface area contributed by atoms with Gasteiger partial charge in [0, 0.05) is 10.0 Å². The van der Waals surface area contributed by atoms with Crippen LogP contribution in [-0.2, 0) is 0 Å². The van der Waals surface area contributed by atoms with Crippen LogP contribution in [0.2, 0.25) is 0 Å². The predicted octanol–water partition coefficient (Wildman–Crippen LogP) is 2.88. The summed E-state index contributed by atoms with van der Waals surface area (Å²) in [6.45, 7) is 0. The van der Waals surface area contributed by atoms with Crippen LogP contribution in [0, 0.1) is 0 Å². The summed E-state index contributed by atoms with van der Waals surface area (Å²) >= 11 is 3.35. The SMILES string of the molecule is O=C(c1cccc(Br)c1)n1nnc2ccccc21. The van der Waals surface area contributed by atoms with Crippen LogP contribution in [0.1, 0.15) is 10.4 Å². The molecule has 1 heterocycles. The largest absolute Gasteiger partial charge is 0.280 e. The second-order valence-corrected chi connectivity index (χ2v) is 4.72. The number of hydrogen-bond donors (Lipinski definition) is 0. The standard InChI is InChI=1S/C13H8BrN3O/c14-10-5-3-4-9(8-10)13(18)17-12-7-2-1-6-11(12)15-16-17/h1-8H. The molecule has 1 aromatic heterocycles. The third-order valence-electron chi connectivity index (χ3n) is 2.62. The lowest BCUT2D eigenvalue weighted by molar-refractivity contribution is 0.0948. The van der Waals surface area contributed by atoms with E-state index >= 15 is 0 Å². The van der Waals surface area contributed by atoms with Crippen LogP contribution < -0.4 is 0 Å². The molecule has 0 aliphatic heterocycles. The van der Waals surface area contributed by atoms with Crippen molar-refractivity contribution in [1.82, 2.24) is 15.0 Å². The van der Waals surface area contributed by atoms with E-state index in [4.69, 9.17) is 0 Å². The summed E-state index contributed by atoms with van der Waals surface area (Å²) in [5.74, 6) is -0.190. The molecule has 3 rings (SSSR count). The van der Waals surface area contributed by atoms with Crippen molar-refractivity contribution in [3.63, 3.8) is 0 Å². The minimum absolute atomic E-state index is 0.190. The Balaban J connectivity index is 2.12. The number of nitrogens with zero attached hydrogens (tertiary/aromatic N) is 3. The fraction of sp³-hybridized carbons (Fsp3) is 0. The third-order valence-corrected chi connectivity index (χ3v) is 3.11. The second kappa shape index (κ2) is 4.34. The highest BCUT2D eigenvalue weighted by molar-refractivity contribution is 9.10. The molecule has 3 aromatic rings. The quantitative estimate of drug-likeness (QED) is 0.694. The first-order valence-corrected chi connectivity index (χ1v) is 6.16. The van der Waals surface area contributed by atoms with Crippen molar-refractivity contribution in [3.8, 4) is 0 Å². The molecule has 0 radical (unpaired) electrons. The Kier molecular flexibility index (Phi) is 2.68. The Hall–Kier alpha value is -2.01. The summed E-state index contributed by atoms with van der Waals surface area (Å²) in [7, 11) is 0. The zero-order valence-corrected chi connectivity index (χ0v) is 10.8. The molecule has 0 spiro atoms. The lowest BCUT2D eigenvalue weighted by atomic mass is 10.2. The van der Waals surface area contributed by atoms with Crippen molar-refractivity contribution < 1.29 is 4.79 Å². The Morgan fingerprint density at radius 2 is 1.94 bits per heavy atom. The van der Waals surface area contributed by atoms with Crippen LogP contribution in [0.15, 0.2) is 53.0 Å². The zero-order valence-electron chi connectivity index (χ0n) is 9.25. The normalized spacial score (nSPS) is 10.7. The summed E-state index contributed by atoms with van der Waals surface area (Å²) in [5, 5.41) is 7.87. The van der Waals surface area contributed by atoms with Crippen LogP contribution >= 0.6 is 15.9 Å². The molecule has 5 heteroatoms. The first kappa shape index (κ1) is 11.1. The molecule has 0 fully saturated rings. The predicted molar refractivity (Wildman–Crippen MR) is 71.4 cm³/mol. The van der Waals surface area contributed by atoms with Gasteiger partial charge in [-0.3, -0.25) is 4.79 Å². The van der Waals surface area contributed by atoms with Crippen LogP contribution in [0.3, 0.4) is 0 Å². The Morgan fingerprint density at radius 1 is 1.11 bits per heavy atom. The molecule has 0 saturated heterocycles. The lowest BCUT2D eigenvalue weighted by Gasteiger charge is -2.01. The summed E-state index contributed by atoms with van der Waals surface area (Å²) in [4.78, 5) is 12.3. The van der Waals surface area contributed by atoms with Crippen molar-refractivity contribution in [1.29, 1.82) is 0 Å². The van der Waals surface area contributed by atoms with E-state index in [1.54, 1.807) is 12.1 Å². The molecule has 0 unspecified atom stereocenters. The molecule has 18 heavy (non-hydrogen) atoms. The molecule has 0 aliphatic rings. The topological polar surface area (TPSA) is 47.8 Å². The van der Waals surface area contributed by atoms with E-state index in [2.05, 4.69) is 26.2 Å². The van der Waals surface area contributed by atoms with Crippen LogP contribution in [0.25, 0.3) is 11.0 Å². The van der Waals surface area contributed by atoms with E-state index < -0.39 is 0 Å². The number of hydrogen-bond acceptors (Lipinski definition) is 3. The minimum Gasteiger partial charge on any atom is -0.267 e. The van der Waals surface area contributed by atoms with Crippen LogP contribution in [0.4, 0.5) is 0 Å². The van der Waals surface area contributed by atoms with Gasteiger partial charge in [-0.15, -0.1) is 5.10 Å². The molecular formula is C13H8BrN3O. The van der Waals surface area contributed by atoms with Gasteiger partial charge in [0.15, 0.2) is 0 Å². The van der Waals surface area contributed by atoms with Gasteiger partial charge in [0.2, 0.25) is 0 Å². The van der Waals surface area contributed by atoms with E-state index in [0.29, 0.717) is 16.6 Å². The van der Waals surface area contributed by atoms with Gasteiger partial charge < -0.3 is 0 Å². The fourth-order valence-corrected chi connectivity index (χ4v) is 2.16. The number of carbonyl (C=O) groups excluding carboxylic acids is 1. The van der Waals surface area contributed by atoms with Crippen molar-refractivity contribution in [2.45, 2.75) is 0 Å². The number of fused-ring (bicyclic) bond motifs is 1. The van der Waals surface area contributed by atoms with E-state index in [-0.39, 0.29) is 5.91 Å². The summed E-state index contributed by atoms with van der Waals surface area (Å²) in [6, 6.07) is 14.6. The summed E-state index contributed by atoms with van der Waals surface area (Å²) in [6.07, 6.45) is 0. The number of para-hydroxylation sites is 1. The molecule has 0 atom stereocenters. The maximum atomic E-state index is 12.3. The zero-order chi connectivity index (χ0) is 12.5. The molecule has 0 saturated carbocycles. The number of benzene rings is 2. The number of aromatic nitrogens is 3. The lowest BCUT2D eigenvalue weighted by Crippen LogP contribution is -2.13. The maximum absolute atomic E-state index is 12.3. The summed E-state index contributed by atoms with van der Waals surface area (Å²) in [5.41, 5.74) is 1.99. The van der Waals surface area contributed by atoms with Crippen LogP contribution in [0.5, 0.6) is 0 Å². The third kappa shape index (κ3) is 1.82.